The van der Waals surface area contributed by atoms with Gasteiger partial charge in [-0.15, -0.1) is 0 Å². The van der Waals surface area contributed by atoms with E-state index in [0.29, 0.717) is 23.9 Å². The van der Waals surface area contributed by atoms with Crippen molar-refractivity contribution in [2.24, 2.45) is 5.92 Å². The lowest BCUT2D eigenvalue weighted by atomic mass is 10.0. The van der Waals surface area contributed by atoms with Crippen LogP contribution in [0.5, 0.6) is 0 Å². The number of nitrogens with zero attached hydrogens (tertiary/aromatic N) is 2. The van der Waals surface area contributed by atoms with Gasteiger partial charge in [0.05, 0.1) is 16.4 Å². The van der Waals surface area contributed by atoms with Crippen LogP contribution >= 0.6 is 11.6 Å². The molecule has 0 aliphatic rings. The smallest absolute Gasteiger partial charge is 0.320 e. The van der Waals surface area contributed by atoms with E-state index in [2.05, 4.69) is 10.4 Å². The Balaban J connectivity index is 2.82. The van der Waals surface area contributed by atoms with Crippen LogP contribution in [0.4, 0.5) is 0 Å². The highest BCUT2D eigenvalue weighted by atomic mass is 35.5. The van der Waals surface area contributed by atoms with Gasteiger partial charge in [0.25, 0.3) is 0 Å². The second-order valence-electron chi connectivity index (χ2n) is 5.28. The lowest BCUT2D eigenvalue weighted by Gasteiger charge is -2.17. The molecule has 0 saturated heterocycles. The maximum atomic E-state index is 11.2. The zero-order valence-corrected chi connectivity index (χ0v) is 13.4. The van der Waals surface area contributed by atoms with Crippen LogP contribution in [0.15, 0.2) is 0 Å². The Hall–Kier alpha value is -1.07. The highest BCUT2D eigenvalue weighted by Crippen LogP contribution is 2.21. The van der Waals surface area contributed by atoms with Gasteiger partial charge < -0.3 is 5.11 Å². The van der Waals surface area contributed by atoms with Crippen LogP contribution in [0.3, 0.4) is 0 Å². The molecule has 2 N–H and O–H groups in total. The number of hydrogen-bond acceptors (Lipinski definition) is 3. The van der Waals surface area contributed by atoms with Crippen molar-refractivity contribution < 1.29 is 9.90 Å². The Labute approximate surface area is 125 Å². The lowest BCUT2D eigenvalue weighted by Crippen LogP contribution is -2.37. The lowest BCUT2D eigenvalue weighted by molar-refractivity contribution is -0.140. The van der Waals surface area contributed by atoms with Gasteiger partial charge in [-0.2, -0.15) is 5.10 Å². The quantitative estimate of drug-likeness (QED) is 0.775. The van der Waals surface area contributed by atoms with Gasteiger partial charge in [0.15, 0.2) is 0 Å². The monoisotopic (exact) mass is 301 g/mol. The molecule has 1 unspecified atom stereocenters. The average Bonchev–Trinajstić information content (AvgIpc) is 2.69. The third-order valence-corrected chi connectivity index (χ3v) is 3.65. The zero-order valence-electron chi connectivity index (χ0n) is 12.6. The largest absolute Gasteiger partial charge is 0.480 e. The van der Waals surface area contributed by atoms with Crippen molar-refractivity contribution in [2.45, 2.75) is 59.7 Å². The fourth-order valence-corrected chi connectivity index (χ4v) is 2.48. The van der Waals surface area contributed by atoms with Gasteiger partial charge in [-0.3, -0.25) is 14.8 Å². The van der Waals surface area contributed by atoms with Crippen molar-refractivity contribution in [3.63, 3.8) is 0 Å². The fourth-order valence-electron chi connectivity index (χ4n) is 2.15. The molecule has 1 aromatic heterocycles. The predicted octanol–water partition coefficient (Wildman–Crippen LogP) is 2.71. The average molecular weight is 302 g/mol. The Morgan fingerprint density at radius 2 is 2.10 bits per heavy atom. The van der Waals surface area contributed by atoms with Gasteiger partial charge in [0, 0.05) is 13.1 Å². The summed E-state index contributed by atoms with van der Waals surface area (Å²) in [5.74, 6) is -0.505. The van der Waals surface area contributed by atoms with Gasteiger partial charge in [-0.1, -0.05) is 32.4 Å². The first kappa shape index (κ1) is 17.0. The molecule has 0 saturated carbocycles. The SMILES string of the molecule is CCc1nn(CC)c(CNC(CC(C)C)C(=O)O)c1Cl. The van der Waals surface area contributed by atoms with E-state index in [1.807, 2.05) is 32.4 Å². The van der Waals surface area contributed by atoms with Gasteiger partial charge in [0.2, 0.25) is 0 Å². The van der Waals surface area contributed by atoms with Crippen LogP contribution in [0.25, 0.3) is 0 Å². The molecule has 1 heterocycles. The Morgan fingerprint density at radius 3 is 2.55 bits per heavy atom. The van der Waals surface area contributed by atoms with E-state index in [-0.39, 0.29) is 0 Å². The molecule has 1 rings (SSSR count). The minimum atomic E-state index is -0.826. The molecule has 0 spiro atoms. The fraction of sp³-hybridized carbons (Fsp3) is 0.714. The summed E-state index contributed by atoms with van der Waals surface area (Å²) in [6.45, 7) is 9.16. The Morgan fingerprint density at radius 1 is 1.45 bits per heavy atom. The van der Waals surface area contributed by atoms with E-state index >= 15 is 0 Å². The first-order valence-corrected chi connectivity index (χ1v) is 7.48. The number of hydrogen-bond donors (Lipinski definition) is 2. The van der Waals surface area contributed by atoms with Gasteiger partial charge in [-0.05, 0) is 25.7 Å². The summed E-state index contributed by atoms with van der Waals surface area (Å²) in [6, 6.07) is -0.559. The number of carbonyl (C=O) groups is 1. The molecule has 1 aromatic rings. The molecule has 6 heteroatoms. The molecule has 114 valence electrons. The number of carboxylic acids is 1. The number of aliphatic carboxylic acids is 1. The summed E-state index contributed by atoms with van der Waals surface area (Å²) in [7, 11) is 0. The number of aryl methyl sites for hydroxylation is 2. The standard InChI is InChI=1S/C14H24ClN3O2/c1-5-10-13(15)12(18(6-2)17-10)8-16-11(14(19)20)7-9(3)4/h9,11,16H,5-8H2,1-4H3,(H,19,20). The van der Waals surface area contributed by atoms with E-state index in [9.17, 15) is 9.90 Å². The second kappa shape index (κ2) is 7.64. The van der Waals surface area contributed by atoms with Gasteiger partial charge in [0.1, 0.15) is 6.04 Å². The summed E-state index contributed by atoms with van der Waals surface area (Å²) in [6.07, 6.45) is 1.36. The highest BCUT2D eigenvalue weighted by Gasteiger charge is 2.20. The van der Waals surface area contributed by atoms with Gasteiger partial charge >= 0.3 is 5.97 Å². The topological polar surface area (TPSA) is 67.2 Å². The summed E-state index contributed by atoms with van der Waals surface area (Å²) in [5, 5.41) is 17.4. The summed E-state index contributed by atoms with van der Waals surface area (Å²) >= 11 is 6.31. The minimum Gasteiger partial charge on any atom is -0.480 e. The maximum Gasteiger partial charge on any atom is 0.320 e. The van der Waals surface area contributed by atoms with E-state index in [1.165, 1.54) is 0 Å². The van der Waals surface area contributed by atoms with Crippen LogP contribution in [0.1, 0.15) is 45.5 Å². The van der Waals surface area contributed by atoms with Gasteiger partial charge in [-0.25, -0.2) is 0 Å². The second-order valence-corrected chi connectivity index (χ2v) is 5.66. The van der Waals surface area contributed by atoms with Crippen molar-refractivity contribution in [1.82, 2.24) is 15.1 Å². The molecule has 5 nitrogen and oxygen atoms in total. The van der Waals surface area contributed by atoms with Crippen LogP contribution < -0.4 is 5.32 Å². The molecular weight excluding hydrogens is 278 g/mol. The van der Waals surface area contributed by atoms with Crippen molar-refractivity contribution in [1.29, 1.82) is 0 Å². The van der Waals surface area contributed by atoms with Crippen LogP contribution in [0.2, 0.25) is 5.02 Å². The maximum absolute atomic E-state index is 11.2. The molecule has 20 heavy (non-hydrogen) atoms. The molecule has 0 aliphatic carbocycles. The summed E-state index contributed by atoms with van der Waals surface area (Å²) < 4.78 is 1.84. The zero-order chi connectivity index (χ0) is 15.3. The van der Waals surface area contributed by atoms with Crippen LogP contribution in [-0.2, 0) is 24.3 Å². The normalized spacial score (nSPS) is 12.9. The van der Waals surface area contributed by atoms with Crippen molar-refractivity contribution in [3.05, 3.63) is 16.4 Å². The molecule has 0 aromatic carbocycles. The number of nitrogens with one attached hydrogen (secondary N) is 1. The predicted molar refractivity (Wildman–Crippen MR) is 80.0 cm³/mol. The number of carboxylic acid groups (broad SMARTS) is 1. The van der Waals surface area contributed by atoms with E-state index in [1.54, 1.807) is 0 Å². The highest BCUT2D eigenvalue weighted by molar-refractivity contribution is 6.31. The van der Waals surface area contributed by atoms with Crippen molar-refractivity contribution in [2.75, 3.05) is 0 Å². The summed E-state index contributed by atoms with van der Waals surface area (Å²) in [4.78, 5) is 11.2. The minimum absolute atomic E-state index is 0.321. The Kier molecular flexibility index (Phi) is 6.49. The molecular formula is C14H24ClN3O2. The first-order valence-electron chi connectivity index (χ1n) is 7.10. The molecule has 0 bridgehead atoms. The molecule has 0 aliphatic heterocycles. The van der Waals surface area contributed by atoms with Crippen molar-refractivity contribution in [3.8, 4) is 0 Å². The number of rotatable bonds is 8. The summed E-state index contributed by atoms with van der Waals surface area (Å²) in [5.41, 5.74) is 1.72. The van der Waals surface area contributed by atoms with Crippen LogP contribution in [0, 0.1) is 5.92 Å². The molecule has 0 radical (unpaired) electrons. The molecule has 0 fully saturated rings. The first-order chi connectivity index (χ1) is 9.40. The van der Waals surface area contributed by atoms with Crippen molar-refractivity contribution >= 4 is 17.6 Å². The van der Waals surface area contributed by atoms with E-state index < -0.39 is 12.0 Å². The number of aromatic nitrogens is 2. The third kappa shape index (κ3) is 4.21. The molecule has 0 amide bonds. The third-order valence-electron chi connectivity index (χ3n) is 3.22. The Bertz CT molecular complexity index is 458. The van der Waals surface area contributed by atoms with Crippen LogP contribution in [-0.4, -0.2) is 26.9 Å². The molecule has 1 atom stereocenters. The van der Waals surface area contributed by atoms with E-state index in [0.717, 1.165) is 24.4 Å². The van der Waals surface area contributed by atoms with E-state index in [4.69, 9.17) is 11.6 Å². The number of halogens is 1.